The maximum atomic E-state index is 12.1. The first-order valence-corrected chi connectivity index (χ1v) is 8.80. The summed E-state index contributed by atoms with van der Waals surface area (Å²) in [4.78, 5) is 12.1. The lowest BCUT2D eigenvalue weighted by molar-refractivity contribution is -0.114. The molecule has 8 heteroatoms. The summed E-state index contributed by atoms with van der Waals surface area (Å²) in [7, 11) is -3.60. The number of aromatic nitrogens is 1. The van der Waals surface area contributed by atoms with Gasteiger partial charge in [0.2, 0.25) is 15.9 Å². The number of carbonyl (C=O) groups excluding carboxylic acids is 1. The van der Waals surface area contributed by atoms with Gasteiger partial charge in [0.1, 0.15) is 12.3 Å². The number of nitrogens with zero attached hydrogens (tertiary/aromatic N) is 2. The number of hydrogen-bond donors (Lipinski definition) is 1. The number of carbonyl (C=O) groups is 1. The smallest absolute Gasteiger partial charge is 0.246 e. The van der Waals surface area contributed by atoms with E-state index in [4.69, 9.17) is 4.52 Å². The summed E-state index contributed by atoms with van der Waals surface area (Å²) >= 11 is 0. The number of aryl methyl sites for hydroxylation is 3. The molecule has 1 N–H and O–H groups in total. The highest BCUT2D eigenvalue weighted by Crippen LogP contribution is 2.21. The molecule has 7 nitrogen and oxygen atoms in total. The highest BCUT2D eigenvalue weighted by molar-refractivity contribution is 7.92. The zero-order chi connectivity index (χ0) is 17.2. The van der Waals surface area contributed by atoms with Gasteiger partial charge in [0.05, 0.1) is 11.9 Å². The Bertz CT molecular complexity index is 827. The average Bonchev–Trinajstić information content (AvgIpc) is 2.83. The first kappa shape index (κ1) is 17.0. The van der Waals surface area contributed by atoms with Gasteiger partial charge >= 0.3 is 0 Å². The molecule has 1 aromatic carbocycles. The average molecular weight is 337 g/mol. The van der Waals surface area contributed by atoms with Crippen LogP contribution in [-0.4, -0.2) is 32.3 Å². The monoisotopic (exact) mass is 337 g/mol. The standard InChI is InChI=1S/C15H19N3O4S/c1-10-5-6-13(7-11(10)2)18(23(4,20)21)9-15(19)16-14-8-12(3)22-17-14/h5-8H,9H2,1-4H3,(H,16,17,19). The number of sulfonamides is 1. The molecular formula is C15H19N3O4S. The van der Waals surface area contributed by atoms with Gasteiger partial charge in [-0.25, -0.2) is 8.42 Å². The molecular weight excluding hydrogens is 318 g/mol. The van der Waals surface area contributed by atoms with Gasteiger partial charge in [0.25, 0.3) is 0 Å². The van der Waals surface area contributed by atoms with E-state index in [1.54, 1.807) is 25.1 Å². The largest absolute Gasteiger partial charge is 0.360 e. The van der Waals surface area contributed by atoms with E-state index >= 15 is 0 Å². The van der Waals surface area contributed by atoms with E-state index in [0.29, 0.717) is 11.4 Å². The van der Waals surface area contributed by atoms with Gasteiger partial charge in [0, 0.05) is 6.07 Å². The van der Waals surface area contributed by atoms with Crippen molar-refractivity contribution in [2.24, 2.45) is 0 Å². The lowest BCUT2D eigenvalue weighted by Gasteiger charge is -2.22. The molecule has 2 rings (SSSR count). The zero-order valence-corrected chi connectivity index (χ0v) is 14.3. The number of hydrogen-bond acceptors (Lipinski definition) is 5. The van der Waals surface area contributed by atoms with Crippen molar-refractivity contribution in [1.29, 1.82) is 0 Å². The van der Waals surface area contributed by atoms with Crippen molar-refractivity contribution in [1.82, 2.24) is 5.16 Å². The van der Waals surface area contributed by atoms with Crippen molar-refractivity contribution in [2.45, 2.75) is 20.8 Å². The van der Waals surface area contributed by atoms with Gasteiger partial charge in [-0.1, -0.05) is 11.2 Å². The normalized spacial score (nSPS) is 11.3. The number of benzene rings is 1. The number of rotatable bonds is 5. The lowest BCUT2D eigenvalue weighted by atomic mass is 10.1. The minimum Gasteiger partial charge on any atom is -0.360 e. The summed E-state index contributed by atoms with van der Waals surface area (Å²) in [5.74, 6) is 0.303. The molecule has 1 amide bonds. The molecule has 0 spiro atoms. The third kappa shape index (κ3) is 4.32. The number of amides is 1. The molecule has 23 heavy (non-hydrogen) atoms. The van der Waals surface area contributed by atoms with Crippen molar-refractivity contribution in [3.63, 3.8) is 0 Å². The van der Waals surface area contributed by atoms with Crippen molar-refractivity contribution >= 4 is 27.4 Å². The summed E-state index contributed by atoms with van der Waals surface area (Å²) in [6.45, 7) is 5.18. The van der Waals surface area contributed by atoms with Crippen LogP contribution in [0.1, 0.15) is 16.9 Å². The molecule has 0 fully saturated rings. The predicted octanol–water partition coefficient (Wildman–Crippen LogP) is 2.00. The van der Waals surface area contributed by atoms with Crippen LogP contribution >= 0.6 is 0 Å². The Morgan fingerprint density at radius 1 is 1.22 bits per heavy atom. The van der Waals surface area contributed by atoms with Crippen molar-refractivity contribution in [2.75, 3.05) is 22.4 Å². The van der Waals surface area contributed by atoms with Crippen LogP contribution in [0.25, 0.3) is 0 Å². The molecule has 0 atom stereocenters. The van der Waals surface area contributed by atoms with E-state index in [1.165, 1.54) is 0 Å². The highest BCUT2D eigenvalue weighted by atomic mass is 32.2. The van der Waals surface area contributed by atoms with E-state index in [2.05, 4.69) is 10.5 Å². The Balaban J connectivity index is 2.22. The predicted molar refractivity (Wildman–Crippen MR) is 88.0 cm³/mol. The molecule has 0 radical (unpaired) electrons. The van der Waals surface area contributed by atoms with Crippen LogP contribution in [0.3, 0.4) is 0 Å². The van der Waals surface area contributed by atoms with E-state index in [0.717, 1.165) is 21.7 Å². The Hall–Kier alpha value is -2.35. The molecule has 1 aromatic heterocycles. The minimum atomic E-state index is -3.60. The first-order valence-electron chi connectivity index (χ1n) is 6.95. The second-order valence-corrected chi connectivity index (χ2v) is 7.32. The Morgan fingerprint density at radius 3 is 2.43 bits per heavy atom. The summed E-state index contributed by atoms with van der Waals surface area (Å²) < 4.78 is 30.0. The van der Waals surface area contributed by atoms with E-state index in [9.17, 15) is 13.2 Å². The molecule has 2 aromatic rings. The van der Waals surface area contributed by atoms with Crippen LogP contribution in [0.2, 0.25) is 0 Å². The van der Waals surface area contributed by atoms with Gasteiger partial charge in [-0.05, 0) is 44.0 Å². The van der Waals surface area contributed by atoms with Crippen molar-refractivity contribution < 1.29 is 17.7 Å². The Morgan fingerprint density at radius 2 is 1.91 bits per heavy atom. The van der Waals surface area contributed by atoms with Crippen LogP contribution in [0.4, 0.5) is 11.5 Å². The number of anilines is 2. The van der Waals surface area contributed by atoms with Crippen LogP contribution in [-0.2, 0) is 14.8 Å². The van der Waals surface area contributed by atoms with Crippen LogP contribution in [0.5, 0.6) is 0 Å². The second-order valence-electron chi connectivity index (χ2n) is 5.41. The summed E-state index contributed by atoms with van der Waals surface area (Å²) in [6, 6.07) is 6.79. The SMILES string of the molecule is Cc1cc(NC(=O)CN(c2ccc(C)c(C)c2)S(C)(=O)=O)no1. The fourth-order valence-electron chi connectivity index (χ4n) is 2.02. The first-order chi connectivity index (χ1) is 10.7. The molecule has 0 bridgehead atoms. The Kier molecular flexibility index (Phi) is 4.74. The quantitative estimate of drug-likeness (QED) is 0.901. The lowest BCUT2D eigenvalue weighted by Crippen LogP contribution is -2.37. The zero-order valence-electron chi connectivity index (χ0n) is 13.5. The van der Waals surface area contributed by atoms with Crippen molar-refractivity contribution in [3.05, 3.63) is 41.2 Å². The van der Waals surface area contributed by atoms with E-state index < -0.39 is 15.9 Å². The third-order valence-electron chi connectivity index (χ3n) is 3.36. The highest BCUT2D eigenvalue weighted by Gasteiger charge is 2.21. The van der Waals surface area contributed by atoms with Crippen LogP contribution < -0.4 is 9.62 Å². The molecule has 0 aliphatic rings. The second kappa shape index (κ2) is 6.41. The van der Waals surface area contributed by atoms with Gasteiger partial charge in [-0.3, -0.25) is 9.10 Å². The molecule has 0 aliphatic heterocycles. The number of nitrogens with one attached hydrogen (secondary N) is 1. The third-order valence-corrected chi connectivity index (χ3v) is 4.50. The van der Waals surface area contributed by atoms with Gasteiger partial charge < -0.3 is 9.84 Å². The summed E-state index contributed by atoms with van der Waals surface area (Å²) in [5.41, 5.74) is 2.44. The fraction of sp³-hybridized carbons (Fsp3) is 0.333. The molecule has 1 heterocycles. The van der Waals surface area contributed by atoms with E-state index in [1.807, 2.05) is 19.9 Å². The van der Waals surface area contributed by atoms with Gasteiger partial charge in [-0.2, -0.15) is 0 Å². The molecule has 0 aliphatic carbocycles. The topological polar surface area (TPSA) is 92.5 Å². The molecule has 124 valence electrons. The summed E-state index contributed by atoms with van der Waals surface area (Å²) in [6.07, 6.45) is 1.07. The van der Waals surface area contributed by atoms with Gasteiger partial charge in [-0.15, -0.1) is 0 Å². The van der Waals surface area contributed by atoms with Crippen LogP contribution in [0.15, 0.2) is 28.8 Å². The van der Waals surface area contributed by atoms with Gasteiger partial charge in [0.15, 0.2) is 5.82 Å². The van der Waals surface area contributed by atoms with Crippen molar-refractivity contribution in [3.8, 4) is 0 Å². The molecule has 0 saturated carbocycles. The molecule has 0 saturated heterocycles. The minimum absolute atomic E-state index is 0.251. The van der Waals surface area contributed by atoms with Crippen LogP contribution in [0, 0.1) is 20.8 Å². The van der Waals surface area contributed by atoms with E-state index in [-0.39, 0.29) is 12.4 Å². The Labute approximate surface area is 135 Å². The maximum Gasteiger partial charge on any atom is 0.246 e. The summed E-state index contributed by atoms with van der Waals surface area (Å²) in [5, 5.41) is 6.16. The molecule has 0 unspecified atom stereocenters. The fourth-order valence-corrected chi connectivity index (χ4v) is 2.87. The maximum absolute atomic E-state index is 12.1.